The van der Waals surface area contributed by atoms with Crippen molar-refractivity contribution >= 4 is 17.6 Å². The Hall–Kier alpha value is -1.14. The SMILES string of the molecule is CCOC(=O)C[N+]1(C[C@H](O)COCc2ccc(Cl)cc2)CCCCC1. The summed E-state index contributed by atoms with van der Waals surface area (Å²) in [6, 6.07) is 7.47. The van der Waals surface area contributed by atoms with Gasteiger partial charge in [-0.05, 0) is 43.9 Å². The molecule has 1 heterocycles. The number of carbonyl (C=O) groups excluding carboxylic acids is 1. The van der Waals surface area contributed by atoms with Crippen molar-refractivity contribution in [1.82, 2.24) is 0 Å². The summed E-state index contributed by atoms with van der Waals surface area (Å²) in [4.78, 5) is 12.0. The van der Waals surface area contributed by atoms with Crippen molar-refractivity contribution in [2.75, 3.05) is 39.4 Å². The molecule has 0 bridgehead atoms. The van der Waals surface area contributed by atoms with Crippen LogP contribution in [0.2, 0.25) is 5.02 Å². The predicted molar refractivity (Wildman–Crippen MR) is 97.3 cm³/mol. The molecule has 6 heteroatoms. The van der Waals surface area contributed by atoms with Crippen LogP contribution in [0.15, 0.2) is 24.3 Å². The predicted octanol–water partition coefficient (Wildman–Crippen LogP) is 2.78. The van der Waals surface area contributed by atoms with Crippen molar-refractivity contribution < 1.29 is 23.9 Å². The van der Waals surface area contributed by atoms with Gasteiger partial charge in [-0.2, -0.15) is 0 Å². The minimum Gasteiger partial charge on any atom is -0.462 e. The lowest BCUT2D eigenvalue weighted by molar-refractivity contribution is -0.928. The second kappa shape index (κ2) is 10.1. The smallest absolute Gasteiger partial charge is 0.361 e. The molecule has 5 nitrogen and oxygen atoms in total. The molecule has 0 radical (unpaired) electrons. The Balaban J connectivity index is 1.82. The number of aliphatic hydroxyl groups excluding tert-OH is 1. The lowest BCUT2D eigenvalue weighted by atomic mass is 10.1. The quantitative estimate of drug-likeness (QED) is 0.536. The molecule has 1 aliphatic rings. The number of hydrogen-bond acceptors (Lipinski definition) is 4. The van der Waals surface area contributed by atoms with Gasteiger partial charge in [-0.1, -0.05) is 23.7 Å². The van der Waals surface area contributed by atoms with Crippen LogP contribution in [0.5, 0.6) is 0 Å². The van der Waals surface area contributed by atoms with E-state index < -0.39 is 6.10 Å². The van der Waals surface area contributed by atoms with E-state index in [1.807, 2.05) is 31.2 Å². The molecular formula is C19H29ClNO4+. The first-order valence-corrected chi connectivity index (χ1v) is 9.42. The second-order valence-electron chi connectivity index (χ2n) is 6.79. The highest BCUT2D eigenvalue weighted by Gasteiger charge is 2.35. The molecule has 25 heavy (non-hydrogen) atoms. The maximum absolute atomic E-state index is 12.0. The number of nitrogens with zero attached hydrogens (tertiary/aromatic N) is 1. The van der Waals surface area contributed by atoms with Crippen molar-refractivity contribution in [2.45, 2.75) is 38.9 Å². The average Bonchev–Trinajstić information content (AvgIpc) is 2.57. The number of halogens is 1. The molecule has 1 aliphatic heterocycles. The zero-order valence-corrected chi connectivity index (χ0v) is 15.7. The summed E-state index contributed by atoms with van der Waals surface area (Å²) in [6.07, 6.45) is 2.75. The first-order chi connectivity index (χ1) is 12.0. The molecular weight excluding hydrogens is 342 g/mol. The summed E-state index contributed by atoms with van der Waals surface area (Å²) in [5.74, 6) is -0.182. The van der Waals surface area contributed by atoms with Crippen molar-refractivity contribution in [3.05, 3.63) is 34.9 Å². The van der Waals surface area contributed by atoms with Gasteiger partial charge in [-0.3, -0.25) is 0 Å². The van der Waals surface area contributed by atoms with Gasteiger partial charge < -0.3 is 19.1 Å². The van der Waals surface area contributed by atoms with Crippen LogP contribution in [0.1, 0.15) is 31.7 Å². The minimum absolute atomic E-state index is 0.182. The molecule has 1 fully saturated rings. The second-order valence-corrected chi connectivity index (χ2v) is 7.23. The highest BCUT2D eigenvalue weighted by molar-refractivity contribution is 6.30. The molecule has 2 rings (SSSR count). The van der Waals surface area contributed by atoms with Crippen molar-refractivity contribution in [3.8, 4) is 0 Å². The molecule has 1 saturated heterocycles. The van der Waals surface area contributed by atoms with Gasteiger partial charge in [-0.25, -0.2) is 4.79 Å². The number of aliphatic hydroxyl groups is 1. The van der Waals surface area contributed by atoms with E-state index in [0.717, 1.165) is 31.5 Å². The number of ether oxygens (including phenoxy) is 2. The van der Waals surface area contributed by atoms with E-state index in [1.54, 1.807) is 0 Å². The highest BCUT2D eigenvalue weighted by atomic mass is 35.5. The van der Waals surface area contributed by atoms with E-state index >= 15 is 0 Å². The van der Waals surface area contributed by atoms with Gasteiger partial charge in [-0.15, -0.1) is 0 Å². The largest absolute Gasteiger partial charge is 0.462 e. The van der Waals surface area contributed by atoms with E-state index in [0.29, 0.717) is 35.8 Å². The third-order valence-corrected chi connectivity index (χ3v) is 4.88. The maximum Gasteiger partial charge on any atom is 0.361 e. The fourth-order valence-electron chi connectivity index (χ4n) is 3.46. The fraction of sp³-hybridized carbons (Fsp3) is 0.632. The number of piperidine rings is 1. The Morgan fingerprint density at radius 3 is 2.56 bits per heavy atom. The van der Waals surface area contributed by atoms with Gasteiger partial charge in [0.2, 0.25) is 0 Å². The summed E-state index contributed by atoms with van der Waals surface area (Å²) in [5, 5.41) is 11.1. The molecule has 0 unspecified atom stereocenters. The summed E-state index contributed by atoms with van der Waals surface area (Å²) in [7, 11) is 0. The van der Waals surface area contributed by atoms with E-state index in [9.17, 15) is 9.90 Å². The van der Waals surface area contributed by atoms with Gasteiger partial charge in [0.1, 0.15) is 12.6 Å². The zero-order valence-electron chi connectivity index (χ0n) is 15.0. The molecule has 0 amide bonds. The number of likely N-dealkylation sites (tertiary alicyclic amines) is 1. The van der Waals surface area contributed by atoms with Crippen LogP contribution in [0.25, 0.3) is 0 Å². The standard InChI is InChI=1S/C19H29ClNO4/c1-2-25-19(23)13-21(10-4-3-5-11-21)12-18(22)15-24-14-16-6-8-17(20)9-7-16/h6-9,18,22H,2-5,10-15H2,1H3/q+1/t18-/m0/s1. The first kappa shape index (κ1) is 20.2. The van der Waals surface area contributed by atoms with Crippen LogP contribution in [0.4, 0.5) is 0 Å². The number of rotatable bonds is 9. The van der Waals surface area contributed by atoms with Crippen LogP contribution in [0.3, 0.4) is 0 Å². The number of quaternary nitrogens is 1. The lowest BCUT2D eigenvalue weighted by Crippen LogP contribution is -2.58. The molecule has 0 saturated carbocycles. The van der Waals surface area contributed by atoms with Crippen LogP contribution < -0.4 is 0 Å². The Morgan fingerprint density at radius 2 is 1.92 bits per heavy atom. The number of esters is 1. The van der Waals surface area contributed by atoms with Gasteiger partial charge in [0.25, 0.3) is 0 Å². The third-order valence-electron chi connectivity index (χ3n) is 4.63. The normalized spacial score (nSPS) is 17.9. The molecule has 0 aromatic heterocycles. The van der Waals surface area contributed by atoms with E-state index in [4.69, 9.17) is 21.1 Å². The first-order valence-electron chi connectivity index (χ1n) is 9.04. The van der Waals surface area contributed by atoms with Gasteiger partial charge in [0.15, 0.2) is 6.54 Å². The van der Waals surface area contributed by atoms with Gasteiger partial charge in [0, 0.05) is 5.02 Å². The Labute approximate surface area is 155 Å². The molecule has 1 atom stereocenters. The fourth-order valence-corrected chi connectivity index (χ4v) is 3.59. The van der Waals surface area contributed by atoms with E-state index in [2.05, 4.69) is 0 Å². The Bertz CT molecular complexity index is 529. The molecule has 1 N–H and O–H groups in total. The highest BCUT2D eigenvalue weighted by Crippen LogP contribution is 2.20. The number of benzene rings is 1. The molecule has 140 valence electrons. The lowest BCUT2D eigenvalue weighted by Gasteiger charge is -2.41. The summed E-state index contributed by atoms with van der Waals surface area (Å²) >= 11 is 5.86. The number of carbonyl (C=O) groups is 1. The molecule has 0 aliphatic carbocycles. The summed E-state index contributed by atoms with van der Waals surface area (Å²) < 4.78 is 11.4. The van der Waals surface area contributed by atoms with E-state index in [1.165, 1.54) is 6.42 Å². The monoisotopic (exact) mass is 370 g/mol. The summed E-state index contributed by atoms with van der Waals surface area (Å²) in [6.45, 7) is 5.59. The molecule has 1 aromatic rings. The molecule has 0 spiro atoms. The van der Waals surface area contributed by atoms with Crippen LogP contribution >= 0.6 is 11.6 Å². The van der Waals surface area contributed by atoms with Crippen molar-refractivity contribution in [3.63, 3.8) is 0 Å². The maximum atomic E-state index is 12.0. The Morgan fingerprint density at radius 1 is 1.24 bits per heavy atom. The van der Waals surface area contributed by atoms with Crippen LogP contribution in [0, 0.1) is 0 Å². The molecule has 1 aromatic carbocycles. The van der Waals surface area contributed by atoms with Gasteiger partial charge in [0.05, 0.1) is 32.9 Å². The van der Waals surface area contributed by atoms with Gasteiger partial charge >= 0.3 is 5.97 Å². The topological polar surface area (TPSA) is 55.8 Å². The van der Waals surface area contributed by atoms with Crippen molar-refractivity contribution in [2.24, 2.45) is 0 Å². The van der Waals surface area contributed by atoms with Crippen molar-refractivity contribution in [1.29, 1.82) is 0 Å². The zero-order chi connectivity index (χ0) is 18.1. The Kier molecular flexibility index (Phi) is 8.16. The van der Waals surface area contributed by atoms with Crippen LogP contribution in [-0.4, -0.2) is 61.1 Å². The summed E-state index contributed by atoms with van der Waals surface area (Å²) in [5.41, 5.74) is 1.02. The average molecular weight is 371 g/mol. The minimum atomic E-state index is -0.597. The van der Waals surface area contributed by atoms with Crippen LogP contribution in [-0.2, 0) is 20.9 Å². The third kappa shape index (κ3) is 6.94. The van der Waals surface area contributed by atoms with E-state index in [-0.39, 0.29) is 12.6 Å². The number of hydrogen-bond donors (Lipinski definition) is 1.